The van der Waals surface area contributed by atoms with Crippen LogP contribution in [-0.4, -0.2) is 76.7 Å². The average molecular weight is 568 g/mol. The number of hydrogen-bond acceptors (Lipinski definition) is 12. The van der Waals surface area contributed by atoms with Gasteiger partial charge in [0.2, 0.25) is 0 Å². The summed E-state index contributed by atoms with van der Waals surface area (Å²) in [6.45, 7) is 31.4. The van der Waals surface area contributed by atoms with Crippen molar-refractivity contribution >= 4 is 23.9 Å². The molecule has 0 aliphatic heterocycles. The van der Waals surface area contributed by atoms with Gasteiger partial charge < -0.3 is 39.4 Å². The van der Waals surface area contributed by atoms with E-state index in [4.69, 9.17) is 0 Å². The van der Waals surface area contributed by atoms with E-state index in [0.29, 0.717) is 0 Å². The SMILES string of the molecule is O=C(C[O-])OCCOC(=O)C[O-].O=C(C[O-])OCCOC(=O)C[O-].[CH2][CH2].[CH2][CH2].[CH2][CH2].[CH2][CH2].[CH2][CH2].[CH2][CH2].[Ti+4]. The zero-order valence-corrected chi connectivity index (χ0v) is 23.1. The summed E-state index contributed by atoms with van der Waals surface area (Å²) in [4.78, 5) is 40.8. The predicted molar refractivity (Wildman–Crippen MR) is 128 cm³/mol. The van der Waals surface area contributed by atoms with E-state index in [0.717, 1.165) is 0 Å². The maximum Gasteiger partial charge on any atom is 4.00 e. The largest absolute Gasteiger partial charge is 4.00 e. The van der Waals surface area contributed by atoms with E-state index < -0.39 is 50.3 Å². The van der Waals surface area contributed by atoms with Gasteiger partial charge in [-0.05, 0) is 26.4 Å². The number of hydrogen-bond donors (Lipinski definition) is 0. The Morgan fingerprint density at radius 3 is 0.568 bits per heavy atom. The van der Waals surface area contributed by atoms with E-state index in [2.05, 4.69) is 102 Å². The molecule has 37 heavy (non-hydrogen) atoms. The van der Waals surface area contributed by atoms with E-state index in [-0.39, 0.29) is 48.1 Å². The van der Waals surface area contributed by atoms with Gasteiger partial charge in [0.05, 0.1) is 0 Å². The van der Waals surface area contributed by atoms with Crippen molar-refractivity contribution in [3.05, 3.63) is 83.1 Å². The van der Waals surface area contributed by atoms with Crippen LogP contribution >= 0.6 is 0 Å². The molecule has 0 bridgehead atoms. The van der Waals surface area contributed by atoms with E-state index >= 15 is 0 Å². The zero-order valence-electron chi connectivity index (χ0n) is 21.5. The molecule has 0 aromatic heterocycles. The van der Waals surface area contributed by atoms with Crippen molar-refractivity contribution in [2.75, 3.05) is 52.9 Å². The molecule has 0 unspecified atom stereocenters. The van der Waals surface area contributed by atoms with E-state index in [1.807, 2.05) is 0 Å². The normalized spacial score (nSPS) is 6.92. The second-order valence-electron chi connectivity index (χ2n) is 3.46. The van der Waals surface area contributed by atoms with Gasteiger partial charge in [-0.15, -0.1) is 0 Å². The zero-order chi connectivity index (χ0) is 30.8. The molecule has 0 atom stereocenters. The summed E-state index contributed by atoms with van der Waals surface area (Å²) in [5, 5.41) is 39.1. The second kappa shape index (κ2) is 76.5. The van der Waals surface area contributed by atoms with Gasteiger partial charge in [-0.3, -0.25) is 19.2 Å². The van der Waals surface area contributed by atoms with Crippen LogP contribution in [0.2, 0.25) is 0 Å². The van der Waals surface area contributed by atoms with Gasteiger partial charge in [-0.25, -0.2) is 0 Å². The van der Waals surface area contributed by atoms with Crippen LogP contribution < -0.4 is 20.4 Å². The molecular weight excluding hydrogens is 528 g/mol. The molecule has 0 rings (SSSR count). The van der Waals surface area contributed by atoms with Crippen LogP contribution in [0.3, 0.4) is 0 Å². The fourth-order valence-corrected chi connectivity index (χ4v) is 0.789. The summed E-state index contributed by atoms with van der Waals surface area (Å²) in [5.41, 5.74) is 0. The molecule has 0 saturated carbocycles. The van der Waals surface area contributed by atoms with E-state index in [9.17, 15) is 39.6 Å². The maximum atomic E-state index is 10.2. The topological polar surface area (TPSA) is 197 Å². The number of esters is 4. The summed E-state index contributed by atoms with van der Waals surface area (Å²) < 4.78 is 17.0. The van der Waals surface area contributed by atoms with Crippen molar-refractivity contribution in [1.29, 1.82) is 0 Å². The summed E-state index contributed by atoms with van der Waals surface area (Å²) in [7, 11) is 0. The number of carbonyl (C=O) groups is 4. The van der Waals surface area contributed by atoms with Crippen molar-refractivity contribution in [3.63, 3.8) is 0 Å². The van der Waals surface area contributed by atoms with Gasteiger partial charge in [-0.2, -0.15) is 0 Å². The van der Waals surface area contributed by atoms with Crippen LogP contribution in [0.1, 0.15) is 0 Å². The van der Waals surface area contributed by atoms with E-state index in [1.165, 1.54) is 0 Å². The molecule has 13 heteroatoms. The standard InChI is InChI=1S/2C6H8O6.6C2H4.Ti/c2*7-3-5(9)11-1-2-12-6(10)4-8;6*1-2;/h2*1-4H2;6*1-2H2;/q2*-2;;;;;;;+4. The molecule has 212 valence electrons. The van der Waals surface area contributed by atoms with Gasteiger partial charge in [-0.1, -0.05) is 83.1 Å². The first-order valence-corrected chi connectivity index (χ1v) is 9.36. The summed E-state index contributed by atoms with van der Waals surface area (Å²) in [6, 6.07) is 0. The molecule has 12 nitrogen and oxygen atoms in total. The molecule has 0 aliphatic rings. The molecule has 0 amide bonds. The molecular formula is C24H40O12Ti. The Labute approximate surface area is 239 Å². The Bertz CT molecular complexity index is 324. The summed E-state index contributed by atoms with van der Waals surface area (Å²) in [5.74, 6) is -3.64. The van der Waals surface area contributed by atoms with Crippen molar-refractivity contribution < 1.29 is 80.3 Å². The quantitative estimate of drug-likeness (QED) is 0.117. The number of rotatable bonds is 10. The van der Waals surface area contributed by atoms with Gasteiger partial charge in [0.1, 0.15) is 26.4 Å². The Balaban J connectivity index is -0.0000000421. The molecule has 0 aromatic carbocycles. The van der Waals surface area contributed by atoms with Gasteiger partial charge >= 0.3 is 21.7 Å². The first-order chi connectivity index (χ1) is 17.4. The maximum absolute atomic E-state index is 10.2. The first kappa shape index (κ1) is 60.1. The minimum absolute atomic E-state index is 0. The van der Waals surface area contributed by atoms with Gasteiger partial charge in [0.15, 0.2) is 0 Å². The van der Waals surface area contributed by atoms with Gasteiger partial charge in [0.25, 0.3) is 23.9 Å². The Kier molecular flexibility index (Phi) is 124. The molecule has 0 saturated heterocycles. The minimum Gasteiger partial charge on any atom is -0.846 e. The van der Waals surface area contributed by atoms with Crippen LogP contribution in [0.15, 0.2) is 0 Å². The van der Waals surface area contributed by atoms with Crippen molar-refractivity contribution in [2.24, 2.45) is 0 Å². The summed E-state index contributed by atoms with van der Waals surface area (Å²) >= 11 is 0. The first-order valence-electron chi connectivity index (χ1n) is 9.36. The Morgan fingerprint density at radius 2 is 0.486 bits per heavy atom. The van der Waals surface area contributed by atoms with Crippen LogP contribution in [-0.2, 0) is 59.8 Å². The molecule has 0 spiro atoms. The minimum atomic E-state index is -0.963. The molecule has 0 heterocycles. The fraction of sp³-hybridized carbons (Fsp3) is 0.333. The molecule has 0 aromatic rings. The van der Waals surface area contributed by atoms with E-state index in [1.54, 1.807) is 0 Å². The van der Waals surface area contributed by atoms with Crippen molar-refractivity contribution in [3.8, 4) is 0 Å². The monoisotopic (exact) mass is 568 g/mol. The Hall–Kier alpha value is -1.57. The van der Waals surface area contributed by atoms with Crippen LogP contribution in [0.25, 0.3) is 0 Å². The molecule has 12 radical (unpaired) electrons. The van der Waals surface area contributed by atoms with Crippen LogP contribution in [0, 0.1) is 83.1 Å². The smallest absolute Gasteiger partial charge is 0.846 e. The Morgan fingerprint density at radius 1 is 0.378 bits per heavy atom. The summed E-state index contributed by atoms with van der Waals surface area (Å²) in [6.07, 6.45) is 0. The fourth-order valence-electron chi connectivity index (χ4n) is 0.789. The average Bonchev–Trinajstić information content (AvgIpc) is 2.99. The number of ether oxygens (including phenoxy) is 4. The third-order valence-electron chi connectivity index (χ3n) is 1.69. The third kappa shape index (κ3) is 86.8. The predicted octanol–water partition coefficient (Wildman–Crippen LogP) is -2.49. The molecule has 0 fully saturated rings. The third-order valence-corrected chi connectivity index (χ3v) is 1.69. The number of carbonyl (C=O) groups excluding carboxylic acids is 4. The molecule has 0 N–H and O–H groups in total. The van der Waals surface area contributed by atoms with Crippen molar-refractivity contribution in [1.82, 2.24) is 0 Å². The molecule has 0 aliphatic carbocycles. The van der Waals surface area contributed by atoms with Crippen LogP contribution in [0.4, 0.5) is 0 Å². The van der Waals surface area contributed by atoms with Crippen molar-refractivity contribution in [2.45, 2.75) is 0 Å². The second-order valence-corrected chi connectivity index (χ2v) is 3.46. The van der Waals surface area contributed by atoms with Crippen LogP contribution in [0.5, 0.6) is 0 Å². The van der Waals surface area contributed by atoms with Gasteiger partial charge in [0, 0.05) is 0 Å².